The van der Waals surface area contributed by atoms with Crippen molar-refractivity contribution in [2.75, 3.05) is 11.7 Å². The van der Waals surface area contributed by atoms with E-state index in [-0.39, 0.29) is 5.97 Å². The minimum absolute atomic E-state index is 0.312. The number of carbonyl (C=O) groups excluding carboxylic acids is 1. The van der Waals surface area contributed by atoms with Gasteiger partial charge in [0.15, 0.2) is 0 Å². The number of aryl methyl sites for hydroxylation is 1. The molecule has 2 aromatic carbocycles. The Kier molecular flexibility index (Phi) is 5.35. The smallest absolute Gasteiger partial charge is 0.338 e. The monoisotopic (exact) mass is 402 g/mol. The number of halogens is 1. The summed E-state index contributed by atoms with van der Waals surface area (Å²) in [5.41, 5.74) is 6.68. The Morgan fingerprint density at radius 1 is 1.28 bits per heavy atom. The fourth-order valence-electron chi connectivity index (χ4n) is 2.45. The highest BCUT2D eigenvalue weighted by Crippen LogP contribution is 2.24. The van der Waals surface area contributed by atoms with Gasteiger partial charge >= 0.3 is 5.97 Å². The highest BCUT2D eigenvalue weighted by atomic mass is 79.9. The van der Waals surface area contributed by atoms with Crippen LogP contribution in [0.3, 0.4) is 0 Å². The van der Waals surface area contributed by atoms with E-state index in [1.165, 1.54) is 0 Å². The van der Waals surface area contributed by atoms with E-state index in [0.29, 0.717) is 18.7 Å². The zero-order valence-electron chi connectivity index (χ0n) is 14.1. The third-order valence-corrected chi connectivity index (χ3v) is 4.64. The fourth-order valence-corrected chi connectivity index (χ4v) is 2.82. The van der Waals surface area contributed by atoms with Crippen LogP contribution in [0.4, 0.5) is 5.69 Å². The molecule has 0 aliphatic carbocycles. The fraction of sp³-hybridized carbons (Fsp3) is 0.222. The zero-order chi connectivity index (χ0) is 17.8. The summed E-state index contributed by atoms with van der Waals surface area (Å²) < 4.78 is 6.14. The summed E-state index contributed by atoms with van der Waals surface area (Å²) in [5.74, 6) is -0.312. The van der Waals surface area contributed by atoms with Gasteiger partial charge in [-0.3, -0.25) is 5.01 Å². The molecule has 0 saturated carbocycles. The molecule has 0 radical (unpaired) electrons. The van der Waals surface area contributed by atoms with E-state index in [1.54, 1.807) is 24.4 Å². The summed E-state index contributed by atoms with van der Waals surface area (Å²) in [7, 11) is 0. The van der Waals surface area contributed by atoms with E-state index >= 15 is 0 Å². The summed E-state index contributed by atoms with van der Waals surface area (Å²) in [4.78, 5) is 12.1. The Hall–Kier alpha value is -2.38. The largest absolute Gasteiger partial charge is 0.462 e. The van der Waals surface area contributed by atoms with Crippen molar-refractivity contribution in [1.29, 1.82) is 0 Å². The third kappa shape index (κ3) is 4.00. The second-order valence-electron chi connectivity index (χ2n) is 5.58. The van der Waals surface area contributed by atoms with Crippen LogP contribution in [0.25, 0.3) is 0 Å². The van der Waals surface area contributed by atoms with Gasteiger partial charge in [0.2, 0.25) is 0 Å². The highest BCUT2D eigenvalue weighted by molar-refractivity contribution is 9.10. The maximum atomic E-state index is 12.1. The number of ether oxygens (including phenoxy) is 1. The molecule has 0 amide bonds. The summed E-state index contributed by atoms with van der Waals surface area (Å²) in [6, 6.07) is 13.4. The molecule has 0 saturated heterocycles. The van der Waals surface area contributed by atoms with Crippen molar-refractivity contribution in [3.8, 4) is 0 Å². The summed E-state index contributed by atoms with van der Waals surface area (Å²) >= 11 is 3.53. The predicted molar refractivity (Wildman–Crippen MR) is 101 cm³/mol. The van der Waals surface area contributed by atoms with Crippen molar-refractivity contribution in [3.63, 3.8) is 0 Å². The Balaban J connectivity index is 1.71. The number of rotatable bonds is 5. The standard InChI is InChI=1S/C18H19BrN4O2/c1-3-25-18(24)16-7-5-4-6-14(16)11-22-12-20-23(21-22)15-9-8-13(2)17(19)10-15/h4-10,12,21H,3,11H2,1-2H3. The molecule has 3 rings (SSSR count). The molecule has 0 fully saturated rings. The van der Waals surface area contributed by atoms with E-state index in [2.05, 4.69) is 26.6 Å². The van der Waals surface area contributed by atoms with Gasteiger partial charge in [-0.2, -0.15) is 5.12 Å². The van der Waals surface area contributed by atoms with Crippen molar-refractivity contribution >= 4 is 33.9 Å². The van der Waals surface area contributed by atoms with Crippen molar-refractivity contribution < 1.29 is 9.53 Å². The van der Waals surface area contributed by atoms with Gasteiger partial charge in [0.1, 0.15) is 6.34 Å². The number of nitrogens with one attached hydrogen (secondary N) is 1. The van der Waals surface area contributed by atoms with Gasteiger partial charge in [-0.15, -0.1) is 10.6 Å². The molecule has 6 nitrogen and oxygen atoms in total. The van der Waals surface area contributed by atoms with Gasteiger partial charge in [0.25, 0.3) is 0 Å². The number of hydrazone groups is 1. The maximum Gasteiger partial charge on any atom is 0.338 e. The van der Waals surface area contributed by atoms with Gasteiger partial charge in [-0.1, -0.05) is 40.2 Å². The number of hydrogen-bond acceptors (Lipinski definition) is 6. The number of carbonyl (C=O) groups is 1. The molecule has 0 spiro atoms. The van der Waals surface area contributed by atoms with E-state index in [9.17, 15) is 4.79 Å². The topological polar surface area (TPSA) is 57.2 Å². The molecule has 0 bridgehead atoms. The number of esters is 1. The van der Waals surface area contributed by atoms with Crippen LogP contribution in [0, 0.1) is 6.92 Å². The van der Waals surface area contributed by atoms with E-state index in [4.69, 9.17) is 4.74 Å². The molecule has 1 N–H and O–H groups in total. The number of anilines is 1. The molecule has 25 heavy (non-hydrogen) atoms. The van der Waals surface area contributed by atoms with Crippen molar-refractivity contribution in [3.05, 3.63) is 63.6 Å². The number of hydrogen-bond donors (Lipinski definition) is 1. The first-order valence-corrected chi connectivity index (χ1v) is 8.76. The first kappa shape index (κ1) is 17.4. The third-order valence-electron chi connectivity index (χ3n) is 3.78. The Morgan fingerprint density at radius 3 is 2.84 bits per heavy atom. The molecular formula is C18H19BrN4O2. The molecule has 2 aromatic rings. The Morgan fingerprint density at radius 2 is 2.08 bits per heavy atom. The van der Waals surface area contributed by atoms with Crippen LogP contribution in [0.2, 0.25) is 0 Å². The zero-order valence-corrected chi connectivity index (χ0v) is 15.7. The minimum Gasteiger partial charge on any atom is -0.462 e. The van der Waals surface area contributed by atoms with Crippen LogP contribution >= 0.6 is 15.9 Å². The lowest BCUT2D eigenvalue weighted by Crippen LogP contribution is -2.40. The summed E-state index contributed by atoms with van der Waals surface area (Å²) in [6.45, 7) is 4.68. The van der Waals surface area contributed by atoms with Crippen LogP contribution in [-0.4, -0.2) is 23.9 Å². The second-order valence-corrected chi connectivity index (χ2v) is 6.44. The molecule has 1 aliphatic rings. The van der Waals surface area contributed by atoms with Gasteiger partial charge < -0.3 is 4.74 Å². The van der Waals surface area contributed by atoms with Crippen LogP contribution in [0.5, 0.6) is 0 Å². The minimum atomic E-state index is -0.312. The lowest BCUT2D eigenvalue weighted by atomic mass is 10.1. The second kappa shape index (κ2) is 7.67. The molecule has 0 atom stereocenters. The van der Waals surface area contributed by atoms with Gasteiger partial charge in [0.05, 0.1) is 24.4 Å². The van der Waals surface area contributed by atoms with Gasteiger partial charge in [-0.25, -0.2) is 4.79 Å². The predicted octanol–water partition coefficient (Wildman–Crippen LogP) is 3.62. The summed E-state index contributed by atoms with van der Waals surface area (Å²) in [6.07, 6.45) is 1.69. The number of benzene rings is 2. The Bertz CT molecular complexity index is 809. The molecule has 0 unspecified atom stereocenters. The van der Waals surface area contributed by atoms with E-state index in [0.717, 1.165) is 21.3 Å². The van der Waals surface area contributed by atoms with Crippen molar-refractivity contribution in [1.82, 2.24) is 10.5 Å². The molecular weight excluding hydrogens is 384 g/mol. The number of hydrazine groups is 2. The maximum absolute atomic E-state index is 12.1. The number of nitrogens with zero attached hydrogens (tertiary/aromatic N) is 3. The van der Waals surface area contributed by atoms with Crippen molar-refractivity contribution in [2.24, 2.45) is 5.10 Å². The molecule has 1 aliphatic heterocycles. The molecule has 130 valence electrons. The SMILES string of the molecule is CCOC(=O)c1ccccc1CN1C=NN(c2ccc(C)c(Br)c2)N1. The lowest BCUT2D eigenvalue weighted by molar-refractivity contribution is 0.0524. The highest BCUT2D eigenvalue weighted by Gasteiger charge is 2.19. The lowest BCUT2D eigenvalue weighted by Gasteiger charge is -2.21. The molecule has 7 heteroatoms. The van der Waals surface area contributed by atoms with Gasteiger partial charge in [-0.05, 0) is 43.2 Å². The van der Waals surface area contributed by atoms with Crippen LogP contribution in [0.15, 0.2) is 52.0 Å². The quantitative estimate of drug-likeness (QED) is 0.773. The van der Waals surface area contributed by atoms with Gasteiger partial charge in [0, 0.05) is 4.47 Å². The van der Waals surface area contributed by atoms with E-state index < -0.39 is 0 Å². The van der Waals surface area contributed by atoms with E-state index in [1.807, 2.05) is 48.3 Å². The molecule has 1 heterocycles. The Labute approximate surface area is 155 Å². The first-order valence-electron chi connectivity index (χ1n) is 7.97. The average molecular weight is 403 g/mol. The first-order chi connectivity index (χ1) is 12.1. The van der Waals surface area contributed by atoms with Crippen molar-refractivity contribution in [2.45, 2.75) is 20.4 Å². The average Bonchev–Trinajstić information content (AvgIpc) is 3.06. The molecule has 0 aromatic heterocycles. The van der Waals surface area contributed by atoms with Crippen LogP contribution in [-0.2, 0) is 11.3 Å². The normalized spacial score (nSPS) is 13.4. The van der Waals surface area contributed by atoms with Crippen LogP contribution < -0.4 is 10.7 Å². The van der Waals surface area contributed by atoms with Crippen LogP contribution in [0.1, 0.15) is 28.4 Å². The summed E-state index contributed by atoms with van der Waals surface area (Å²) in [5, 5.41) is 7.84.